The van der Waals surface area contributed by atoms with E-state index in [4.69, 9.17) is 25.7 Å². The summed E-state index contributed by atoms with van der Waals surface area (Å²) in [6, 6.07) is 12.1. The number of aromatic nitrogens is 2. The second-order valence-electron chi connectivity index (χ2n) is 7.64. The van der Waals surface area contributed by atoms with Crippen molar-refractivity contribution < 1.29 is 9.15 Å². The van der Waals surface area contributed by atoms with Crippen LogP contribution >= 0.6 is 11.6 Å². The lowest BCUT2D eigenvalue weighted by Gasteiger charge is -2.18. The molecule has 0 saturated carbocycles. The summed E-state index contributed by atoms with van der Waals surface area (Å²) < 4.78 is 11.8. The van der Waals surface area contributed by atoms with Gasteiger partial charge in [0.2, 0.25) is 0 Å². The van der Waals surface area contributed by atoms with Gasteiger partial charge in [0.05, 0.1) is 0 Å². The molecule has 1 aliphatic rings. The van der Waals surface area contributed by atoms with E-state index in [1.807, 2.05) is 30.5 Å². The molecule has 3 heterocycles. The van der Waals surface area contributed by atoms with Crippen molar-refractivity contribution in [2.75, 3.05) is 13.2 Å². The van der Waals surface area contributed by atoms with Crippen molar-refractivity contribution >= 4 is 11.6 Å². The molecule has 0 bridgehead atoms. The van der Waals surface area contributed by atoms with Crippen LogP contribution < -0.4 is 0 Å². The van der Waals surface area contributed by atoms with Crippen LogP contribution in [0.4, 0.5) is 0 Å². The van der Waals surface area contributed by atoms with Gasteiger partial charge in [0.15, 0.2) is 5.89 Å². The van der Waals surface area contributed by atoms with Crippen LogP contribution in [0.5, 0.6) is 0 Å². The minimum absolute atomic E-state index is 0.314. The zero-order valence-electron chi connectivity index (χ0n) is 16.3. The Kier molecular flexibility index (Phi) is 5.79. The van der Waals surface area contributed by atoms with Gasteiger partial charge < -0.3 is 9.15 Å². The van der Waals surface area contributed by atoms with Gasteiger partial charge in [-0.25, -0.2) is 4.98 Å². The smallest absolute Gasteiger partial charge is 0.198 e. The lowest BCUT2D eigenvalue weighted by molar-refractivity contribution is 0.0792. The van der Waals surface area contributed by atoms with Gasteiger partial charge >= 0.3 is 0 Å². The first kappa shape index (κ1) is 19.2. The van der Waals surface area contributed by atoms with Gasteiger partial charge in [0.25, 0.3) is 0 Å². The summed E-state index contributed by atoms with van der Waals surface area (Å²) in [7, 11) is 0. The van der Waals surface area contributed by atoms with Crippen LogP contribution in [0.1, 0.15) is 61.4 Å². The zero-order valence-corrected chi connectivity index (χ0v) is 17.1. The minimum Gasteiger partial charge on any atom is -0.444 e. The van der Waals surface area contributed by atoms with Crippen molar-refractivity contribution in [1.29, 1.82) is 0 Å². The molecule has 0 amide bonds. The van der Waals surface area contributed by atoms with Gasteiger partial charge in [-0.3, -0.25) is 4.98 Å². The molecular weight excluding hydrogens is 372 g/mol. The van der Waals surface area contributed by atoms with E-state index in [0.717, 1.165) is 65.2 Å². The fraction of sp³-hybridized carbons (Fsp3) is 0.391. The van der Waals surface area contributed by atoms with E-state index in [0.29, 0.717) is 18.3 Å². The van der Waals surface area contributed by atoms with E-state index in [2.05, 4.69) is 31.0 Å². The van der Waals surface area contributed by atoms with Crippen molar-refractivity contribution in [2.45, 2.75) is 44.9 Å². The van der Waals surface area contributed by atoms with E-state index < -0.39 is 0 Å². The Labute approximate surface area is 170 Å². The Hall–Kier alpha value is -2.17. The first-order valence-electron chi connectivity index (χ1n) is 9.88. The SMILES string of the molecule is CC(C)c1ccc(-c2nc(C3CCOCC3)oc2Cc2ccc(Cl)cc2)cn1. The number of hydrogen-bond donors (Lipinski definition) is 0. The third kappa shape index (κ3) is 4.29. The Bertz CT molecular complexity index is 911. The third-order valence-corrected chi connectivity index (χ3v) is 5.47. The van der Waals surface area contributed by atoms with Gasteiger partial charge in [-0.15, -0.1) is 0 Å². The van der Waals surface area contributed by atoms with Gasteiger partial charge in [-0.1, -0.05) is 37.6 Å². The average molecular weight is 397 g/mol. The van der Waals surface area contributed by atoms with Crippen LogP contribution in [0.2, 0.25) is 5.02 Å². The molecule has 0 unspecified atom stereocenters. The highest BCUT2D eigenvalue weighted by atomic mass is 35.5. The molecule has 1 aromatic carbocycles. The predicted molar refractivity (Wildman–Crippen MR) is 111 cm³/mol. The molecule has 3 aromatic rings. The predicted octanol–water partition coefficient (Wildman–Crippen LogP) is 6.00. The quantitative estimate of drug-likeness (QED) is 0.530. The second-order valence-corrected chi connectivity index (χ2v) is 8.08. The highest BCUT2D eigenvalue weighted by Crippen LogP contribution is 2.33. The number of benzene rings is 1. The van der Waals surface area contributed by atoms with Crippen LogP contribution in [0.15, 0.2) is 47.0 Å². The molecule has 146 valence electrons. The molecule has 5 heteroatoms. The lowest BCUT2D eigenvalue weighted by atomic mass is 10.0. The highest BCUT2D eigenvalue weighted by Gasteiger charge is 2.24. The highest BCUT2D eigenvalue weighted by molar-refractivity contribution is 6.30. The number of halogens is 1. The summed E-state index contributed by atoms with van der Waals surface area (Å²) >= 11 is 6.03. The molecule has 28 heavy (non-hydrogen) atoms. The molecule has 4 rings (SSSR count). The summed E-state index contributed by atoms with van der Waals surface area (Å²) in [5.74, 6) is 2.41. The number of pyridine rings is 1. The number of nitrogens with zero attached hydrogens (tertiary/aromatic N) is 2. The molecular formula is C23H25ClN2O2. The van der Waals surface area contributed by atoms with Crippen molar-refractivity contribution in [3.05, 3.63) is 70.5 Å². The maximum Gasteiger partial charge on any atom is 0.198 e. The van der Waals surface area contributed by atoms with E-state index in [-0.39, 0.29) is 0 Å². The van der Waals surface area contributed by atoms with Gasteiger partial charge in [0.1, 0.15) is 11.5 Å². The summed E-state index contributed by atoms with van der Waals surface area (Å²) in [5, 5.41) is 0.734. The molecule has 1 aliphatic heterocycles. The zero-order chi connectivity index (χ0) is 19.5. The van der Waals surface area contributed by atoms with E-state index in [9.17, 15) is 0 Å². The summed E-state index contributed by atoms with van der Waals surface area (Å²) in [6.45, 7) is 5.82. The van der Waals surface area contributed by atoms with Gasteiger partial charge in [-0.05, 0) is 48.6 Å². The van der Waals surface area contributed by atoms with E-state index in [1.54, 1.807) is 0 Å². The van der Waals surface area contributed by atoms with E-state index in [1.165, 1.54) is 0 Å². The molecule has 0 N–H and O–H groups in total. The fourth-order valence-electron chi connectivity index (χ4n) is 3.51. The molecule has 2 aromatic heterocycles. The van der Waals surface area contributed by atoms with Crippen LogP contribution in [-0.2, 0) is 11.2 Å². The molecule has 1 saturated heterocycles. The topological polar surface area (TPSA) is 48.2 Å². The maximum atomic E-state index is 6.29. The van der Waals surface area contributed by atoms with E-state index >= 15 is 0 Å². The van der Waals surface area contributed by atoms with Crippen molar-refractivity contribution in [1.82, 2.24) is 9.97 Å². The second kappa shape index (κ2) is 8.46. The first-order chi connectivity index (χ1) is 13.6. The molecule has 4 nitrogen and oxygen atoms in total. The molecule has 0 aliphatic carbocycles. The van der Waals surface area contributed by atoms with Crippen molar-refractivity contribution in [2.24, 2.45) is 0 Å². The summed E-state index contributed by atoms with van der Waals surface area (Å²) in [4.78, 5) is 9.52. The van der Waals surface area contributed by atoms with Crippen molar-refractivity contribution in [3.8, 4) is 11.3 Å². The number of oxazole rings is 1. The Balaban J connectivity index is 1.69. The lowest BCUT2D eigenvalue weighted by Crippen LogP contribution is -2.14. The Morgan fingerprint density at radius 3 is 2.46 bits per heavy atom. The van der Waals surface area contributed by atoms with Crippen LogP contribution in [0.3, 0.4) is 0 Å². The van der Waals surface area contributed by atoms with Crippen molar-refractivity contribution in [3.63, 3.8) is 0 Å². The van der Waals surface area contributed by atoms with Gasteiger partial charge in [0, 0.05) is 48.0 Å². The number of ether oxygens (including phenoxy) is 1. The normalized spacial score (nSPS) is 15.3. The van der Waals surface area contributed by atoms with Gasteiger partial charge in [-0.2, -0.15) is 0 Å². The monoisotopic (exact) mass is 396 g/mol. The largest absolute Gasteiger partial charge is 0.444 e. The first-order valence-corrected chi connectivity index (χ1v) is 10.3. The number of hydrogen-bond acceptors (Lipinski definition) is 4. The standard InChI is InChI=1S/C23H25ClN2O2/c1-15(2)20-8-5-18(14-25-20)22-21(13-16-3-6-19(24)7-4-16)28-23(26-22)17-9-11-27-12-10-17/h3-8,14-15,17H,9-13H2,1-2H3. The molecule has 0 spiro atoms. The average Bonchev–Trinajstić information content (AvgIpc) is 3.14. The minimum atomic E-state index is 0.314. The number of rotatable bonds is 5. The molecule has 0 atom stereocenters. The van der Waals surface area contributed by atoms with Crippen LogP contribution in [0.25, 0.3) is 11.3 Å². The third-order valence-electron chi connectivity index (χ3n) is 5.21. The maximum absolute atomic E-state index is 6.29. The molecule has 1 fully saturated rings. The Morgan fingerprint density at radius 1 is 1.07 bits per heavy atom. The van der Waals surface area contributed by atoms with Crippen LogP contribution in [-0.4, -0.2) is 23.2 Å². The summed E-state index contributed by atoms with van der Waals surface area (Å²) in [6.07, 6.45) is 4.48. The summed E-state index contributed by atoms with van der Waals surface area (Å²) in [5.41, 5.74) is 4.11. The fourth-order valence-corrected chi connectivity index (χ4v) is 3.63. The van der Waals surface area contributed by atoms with Crippen LogP contribution in [0, 0.1) is 0 Å². The Morgan fingerprint density at radius 2 is 1.82 bits per heavy atom. The molecule has 0 radical (unpaired) electrons.